The summed E-state index contributed by atoms with van der Waals surface area (Å²) in [4.78, 5) is 22.5. The standard InChI is InChI=1S/C9H12O3.3ClH.Cr/c1-9-5-3-2-4-6(9)7(10)12-8(9)11;;;;/h6H,2-5H2,1H3;3*1H;/q;;;;+3/p-3. The fourth-order valence-corrected chi connectivity index (χ4v) is 2.23. The minimum atomic E-state index is -0.491. The Kier molecular flexibility index (Phi) is 10.6. The molecule has 3 nitrogen and oxygen atoms in total. The first-order valence-electron chi connectivity index (χ1n) is 4.41. The van der Waals surface area contributed by atoms with E-state index in [-0.39, 0.29) is 72.4 Å². The van der Waals surface area contributed by atoms with Crippen molar-refractivity contribution in [1.29, 1.82) is 0 Å². The molecule has 1 heterocycles. The van der Waals surface area contributed by atoms with Crippen molar-refractivity contribution in [2.45, 2.75) is 32.6 Å². The van der Waals surface area contributed by atoms with Crippen LogP contribution < -0.4 is 37.2 Å². The zero-order chi connectivity index (χ0) is 8.77. The summed E-state index contributed by atoms with van der Waals surface area (Å²) in [6.45, 7) is 1.85. The first-order valence-corrected chi connectivity index (χ1v) is 4.41. The Labute approximate surface area is 124 Å². The van der Waals surface area contributed by atoms with Crippen molar-refractivity contribution >= 4 is 11.9 Å². The van der Waals surface area contributed by atoms with E-state index in [0.717, 1.165) is 25.7 Å². The van der Waals surface area contributed by atoms with Gasteiger partial charge in [0.05, 0.1) is 11.3 Å². The number of fused-ring (bicyclic) bond motifs is 1. The SMILES string of the molecule is CC12CCCCC1C(=O)OC2=O.[Cl-].[Cl-].[Cl-].[Cr+3]. The van der Waals surface area contributed by atoms with Crippen LogP contribution in [0.4, 0.5) is 0 Å². The largest absolute Gasteiger partial charge is 3.00 e. The molecule has 7 heteroatoms. The Morgan fingerprint density at radius 1 is 1.19 bits per heavy atom. The van der Waals surface area contributed by atoms with Crippen LogP contribution in [0.15, 0.2) is 0 Å². The third kappa shape index (κ3) is 3.27. The minimum Gasteiger partial charge on any atom is -1.00 e. The Bertz CT molecular complexity index is 262. The molecule has 0 spiro atoms. The molecule has 2 unspecified atom stereocenters. The first kappa shape index (κ1) is 21.8. The van der Waals surface area contributed by atoms with Crippen molar-refractivity contribution in [1.82, 2.24) is 0 Å². The molecular weight excluding hydrogens is 314 g/mol. The smallest absolute Gasteiger partial charge is 1.00 e. The molecule has 1 aliphatic heterocycles. The second kappa shape index (κ2) is 7.79. The summed E-state index contributed by atoms with van der Waals surface area (Å²) >= 11 is 0. The second-order valence-electron chi connectivity index (χ2n) is 3.92. The molecule has 1 saturated carbocycles. The van der Waals surface area contributed by atoms with Gasteiger partial charge in [0.15, 0.2) is 0 Å². The molecule has 16 heavy (non-hydrogen) atoms. The predicted octanol–water partition coefficient (Wildman–Crippen LogP) is -7.72. The van der Waals surface area contributed by atoms with E-state index in [1.165, 1.54) is 0 Å². The number of rotatable bonds is 0. The van der Waals surface area contributed by atoms with E-state index in [4.69, 9.17) is 0 Å². The third-order valence-corrected chi connectivity index (χ3v) is 3.15. The summed E-state index contributed by atoms with van der Waals surface area (Å²) in [5.74, 6) is -0.766. The molecule has 1 radical (unpaired) electrons. The third-order valence-electron chi connectivity index (χ3n) is 3.15. The van der Waals surface area contributed by atoms with Crippen LogP contribution in [0.25, 0.3) is 0 Å². The molecule has 2 atom stereocenters. The topological polar surface area (TPSA) is 43.4 Å². The van der Waals surface area contributed by atoms with Gasteiger partial charge in [0.25, 0.3) is 0 Å². The Morgan fingerprint density at radius 2 is 1.75 bits per heavy atom. The van der Waals surface area contributed by atoms with Crippen LogP contribution in [-0.4, -0.2) is 11.9 Å². The molecule has 0 aromatic carbocycles. The van der Waals surface area contributed by atoms with Gasteiger partial charge < -0.3 is 42.0 Å². The number of ether oxygens (including phenoxy) is 1. The zero-order valence-corrected chi connectivity index (χ0v) is 12.2. The van der Waals surface area contributed by atoms with E-state index in [0.29, 0.717) is 0 Å². The predicted molar refractivity (Wildman–Crippen MR) is 41.2 cm³/mol. The summed E-state index contributed by atoms with van der Waals surface area (Å²) in [5, 5.41) is 0. The quantitative estimate of drug-likeness (QED) is 0.328. The number of carbonyl (C=O) groups is 2. The van der Waals surface area contributed by atoms with Crippen molar-refractivity contribution in [3.8, 4) is 0 Å². The van der Waals surface area contributed by atoms with Crippen molar-refractivity contribution in [3.05, 3.63) is 0 Å². The van der Waals surface area contributed by atoms with Gasteiger partial charge in [0.1, 0.15) is 0 Å². The van der Waals surface area contributed by atoms with E-state index in [9.17, 15) is 9.59 Å². The molecule has 2 fully saturated rings. The fraction of sp³-hybridized carbons (Fsp3) is 0.778. The van der Waals surface area contributed by atoms with E-state index in [1.54, 1.807) is 0 Å². The molecule has 0 N–H and O–H groups in total. The van der Waals surface area contributed by atoms with Crippen LogP contribution in [0.3, 0.4) is 0 Å². The van der Waals surface area contributed by atoms with E-state index in [1.807, 2.05) is 6.92 Å². The number of carbonyl (C=O) groups excluding carboxylic acids is 2. The van der Waals surface area contributed by atoms with Gasteiger partial charge >= 0.3 is 29.3 Å². The van der Waals surface area contributed by atoms with E-state index >= 15 is 0 Å². The summed E-state index contributed by atoms with van der Waals surface area (Å²) < 4.78 is 4.63. The molecule has 0 amide bonds. The average molecular weight is 327 g/mol. The molecule has 93 valence electrons. The second-order valence-corrected chi connectivity index (χ2v) is 3.92. The summed E-state index contributed by atoms with van der Waals surface area (Å²) in [6.07, 6.45) is 3.71. The monoisotopic (exact) mass is 325 g/mol. The van der Waals surface area contributed by atoms with Crippen LogP contribution in [0.5, 0.6) is 0 Å². The van der Waals surface area contributed by atoms with Gasteiger partial charge in [-0.3, -0.25) is 9.59 Å². The number of hydrogen-bond acceptors (Lipinski definition) is 3. The molecule has 0 aromatic heterocycles. The van der Waals surface area contributed by atoms with Gasteiger partial charge in [-0.05, 0) is 19.8 Å². The summed E-state index contributed by atoms with van der Waals surface area (Å²) in [7, 11) is 0. The Morgan fingerprint density at radius 3 is 2.25 bits per heavy atom. The van der Waals surface area contributed by atoms with Crippen molar-refractivity contribution in [2.75, 3.05) is 0 Å². The Hall–Kier alpha value is 0.542. The number of hydrogen-bond donors (Lipinski definition) is 0. The van der Waals surface area contributed by atoms with Gasteiger partial charge in [-0.15, -0.1) is 0 Å². The van der Waals surface area contributed by atoms with Crippen molar-refractivity contribution in [3.63, 3.8) is 0 Å². The maximum atomic E-state index is 11.3. The Balaban J connectivity index is -0.000000422. The normalized spacial score (nSPS) is 30.7. The maximum Gasteiger partial charge on any atom is 3.00 e. The molecule has 0 bridgehead atoms. The molecule has 0 aromatic rings. The van der Waals surface area contributed by atoms with Gasteiger partial charge in [-0.2, -0.15) is 0 Å². The van der Waals surface area contributed by atoms with Crippen molar-refractivity contribution < 1.29 is 68.9 Å². The van der Waals surface area contributed by atoms with Crippen LogP contribution in [-0.2, 0) is 31.7 Å². The maximum absolute atomic E-state index is 11.3. The van der Waals surface area contributed by atoms with Crippen LogP contribution in [0.1, 0.15) is 32.6 Å². The molecule has 1 aliphatic carbocycles. The molecular formula is C9H12Cl3CrO3. The fourth-order valence-electron chi connectivity index (χ4n) is 2.23. The summed E-state index contributed by atoms with van der Waals surface area (Å²) in [5.41, 5.74) is -0.491. The average Bonchev–Trinajstić information content (AvgIpc) is 2.25. The number of cyclic esters (lactones) is 2. The first-order chi connectivity index (χ1) is 5.64. The molecule has 2 aliphatic rings. The summed E-state index contributed by atoms with van der Waals surface area (Å²) in [6, 6.07) is 0. The van der Waals surface area contributed by atoms with Gasteiger partial charge in [0, 0.05) is 0 Å². The van der Waals surface area contributed by atoms with Crippen LogP contribution >= 0.6 is 0 Å². The van der Waals surface area contributed by atoms with Gasteiger partial charge in [0.2, 0.25) is 0 Å². The van der Waals surface area contributed by atoms with Crippen molar-refractivity contribution in [2.24, 2.45) is 11.3 Å². The molecule has 2 rings (SSSR count). The van der Waals surface area contributed by atoms with Crippen LogP contribution in [0.2, 0.25) is 0 Å². The van der Waals surface area contributed by atoms with Crippen LogP contribution in [0, 0.1) is 11.3 Å². The zero-order valence-electron chi connectivity index (χ0n) is 8.67. The van der Waals surface area contributed by atoms with E-state index in [2.05, 4.69) is 4.74 Å². The molecule has 1 saturated heterocycles. The number of halogens is 3. The van der Waals surface area contributed by atoms with E-state index < -0.39 is 5.41 Å². The number of esters is 2. The van der Waals surface area contributed by atoms with Gasteiger partial charge in [-0.25, -0.2) is 0 Å². The van der Waals surface area contributed by atoms with Gasteiger partial charge in [-0.1, -0.05) is 12.8 Å². The minimum absolute atomic E-state index is 0.